The first-order chi connectivity index (χ1) is 8.21. The lowest BCUT2D eigenvalue weighted by atomic mass is 10.0. The molecule has 0 aromatic rings. The van der Waals surface area contributed by atoms with Crippen molar-refractivity contribution < 1.29 is 14.3 Å². The van der Waals surface area contributed by atoms with Crippen LogP contribution in [0.2, 0.25) is 0 Å². The van der Waals surface area contributed by atoms with E-state index >= 15 is 0 Å². The maximum Gasteiger partial charge on any atom is 0.239 e. The first-order valence-electron chi connectivity index (χ1n) is 6.48. The van der Waals surface area contributed by atoms with Crippen LogP contribution >= 0.6 is 0 Å². The molecule has 0 spiro atoms. The van der Waals surface area contributed by atoms with Crippen molar-refractivity contribution in [3.63, 3.8) is 0 Å². The molecule has 0 aliphatic rings. The molecular weight excluding hydrogens is 232 g/mol. The summed E-state index contributed by atoms with van der Waals surface area (Å²) in [5.41, 5.74) is 4.41. The SMILES string of the molecule is CCCNC(C)(COCCOC(C)(C)C)C(N)=O. The van der Waals surface area contributed by atoms with E-state index in [1.165, 1.54) is 0 Å². The van der Waals surface area contributed by atoms with Crippen molar-refractivity contribution in [3.8, 4) is 0 Å². The Kier molecular flexibility index (Phi) is 7.43. The second kappa shape index (κ2) is 7.71. The number of nitrogens with two attached hydrogens (primary N) is 1. The van der Waals surface area contributed by atoms with E-state index in [1.54, 1.807) is 6.92 Å². The monoisotopic (exact) mass is 260 g/mol. The van der Waals surface area contributed by atoms with E-state index in [-0.39, 0.29) is 12.2 Å². The van der Waals surface area contributed by atoms with E-state index in [4.69, 9.17) is 15.2 Å². The Morgan fingerprint density at radius 2 is 1.83 bits per heavy atom. The van der Waals surface area contributed by atoms with Crippen LogP contribution in [0, 0.1) is 0 Å². The fourth-order valence-electron chi connectivity index (χ4n) is 1.29. The van der Waals surface area contributed by atoms with Crippen molar-refractivity contribution in [2.24, 2.45) is 5.73 Å². The molecular formula is C13H28N2O3. The molecule has 5 heteroatoms. The summed E-state index contributed by atoms with van der Waals surface area (Å²) >= 11 is 0. The number of rotatable bonds is 9. The average molecular weight is 260 g/mol. The van der Waals surface area contributed by atoms with Gasteiger partial charge < -0.3 is 20.5 Å². The van der Waals surface area contributed by atoms with Gasteiger partial charge in [0.05, 0.1) is 25.4 Å². The van der Waals surface area contributed by atoms with Gasteiger partial charge in [0.25, 0.3) is 0 Å². The molecule has 0 radical (unpaired) electrons. The molecule has 1 amide bonds. The van der Waals surface area contributed by atoms with Gasteiger partial charge in [-0.1, -0.05) is 6.92 Å². The van der Waals surface area contributed by atoms with Gasteiger partial charge in [-0.05, 0) is 40.7 Å². The highest BCUT2D eigenvalue weighted by Crippen LogP contribution is 2.07. The van der Waals surface area contributed by atoms with E-state index < -0.39 is 11.4 Å². The highest BCUT2D eigenvalue weighted by atomic mass is 16.5. The molecule has 0 aromatic heterocycles. The molecule has 0 bridgehead atoms. The number of carbonyl (C=O) groups excluding carboxylic acids is 1. The van der Waals surface area contributed by atoms with E-state index in [9.17, 15) is 4.79 Å². The van der Waals surface area contributed by atoms with Gasteiger partial charge in [0, 0.05) is 0 Å². The molecule has 0 rings (SSSR count). The summed E-state index contributed by atoms with van der Waals surface area (Å²) < 4.78 is 11.0. The van der Waals surface area contributed by atoms with Crippen LogP contribution in [0.1, 0.15) is 41.0 Å². The van der Waals surface area contributed by atoms with Crippen LogP contribution in [0.5, 0.6) is 0 Å². The standard InChI is InChI=1S/C13H28N2O3/c1-6-7-15-13(5,11(14)16)10-17-8-9-18-12(2,3)4/h15H,6-10H2,1-5H3,(H2,14,16). The zero-order valence-electron chi connectivity index (χ0n) is 12.3. The lowest BCUT2D eigenvalue weighted by Crippen LogP contribution is -2.56. The molecule has 18 heavy (non-hydrogen) atoms. The Bertz CT molecular complexity index is 251. The highest BCUT2D eigenvalue weighted by Gasteiger charge is 2.30. The smallest absolute Gasteiger partial charge is 0.239 e. The van der Waals surface area contributed by atoms with E-state index in [0.717, 1.165) is 13.0 Å². The van der Waals surface area contributed by atoms with Crippen LogP contribution in [0.4, 0.5) is 0 Å². The van der Waals surface area contributed by atoms with Crippen molar-refractivity contribution in [1.82, 2.24) is 5.32 Å². The Labute approximate surface area is 110 Å². The largest absolute Gasteiger partial charge is 0.377 e. The van der Waals surface area contributed by atoms with Crippen LogP contribution in [-0.2, 0) is 14.3 Å². The third-order valence-electron chi connectivity index (χ3n) is 2.46. The lowest BCUT2D eigenvalue weighted by molar-refractivity contribution is -0.127. The normalized spacial score (nSPS) is 15.4. The van der Waals surface area contributed by atoms with E-state index in [0.29, 0.717) is 13.2 Å². The molecule has 0 aliphatic carbocycles. The number of amides is 1. The maximum absolute atomic E-state index is 11.4. The third kappa shape index (κ3) is 7.63. The Balaban J connectivity index is 3.95. The molecule has 1 unspecified atom stereocenters. The Morgan fingerprint density at radius 1 is 1.22 bits per heavy atom. The molecule has 0 saturated heterocycles. The lowest BCUT2D eigenvalue weighted by Gasteiger charge is -2.27. The molecule has 0 fully saturated rings. The highest BCUT2D eigenvalue weighted by molar-refractivity contribution is 5.84. The maximum atomic E-state index is 11.4. The number of primary amides is 1. The summed E-state index contributed by atoms with van der Waals surface area (Å²) in [5.74, 6) is -0.396. The summed E-state index contributed by atoms with van der Waals surface area (Å²) in [4.78, 5) is 11.4. The number of nitrogens with one attached hydrogen (secondary N) is 1. The molecule has 0 aromatic carbocycles. The number of ether oxygens (including phenoxy) is 2. The minimum Gasteiger partial charge on any atom is -0.377 e. The molecule has 0 aliphatic heterocycles. The van der Waals surface area contributed by atoms with Gasteiger partial charge >= 0.3 is 0 Å². The van der Waals surface area contributed by atoms with Crippen molar-refractivity contribution in [2.45, 2.75) is 52.2 Å². The first-order valence-corrected chi connectivity index (χ1v) is 6.48. The summed E-state index contributed by atoms with van der Waals surface area (Å²) in [6.07, 6.45) is 0.940. The molecule has 0 heterocycles. The number of hydrogen-bond donors (Lipinski definition) is 2. The number of hydrogen-bond acceptors (Lipinski definition) is 4. The summed E-state index contributed by atoms with van der Waals surface area (Å²) in [6.45, 7) is 11.7. The average Bonchev–Trinajstić information content (AvgIpc) is 2.24. The van der Waals surface area contributed by atoms with E-state index in [1.807, 2.05) is 27.7 Å². The van der Waals surface area contributed by atoms with Crippen LogP contribution in [-0.4, -0.2) is 43.4 Å². The van der Waals surface area contributed by atoms with Crippen LogP contribution in [0.3, 0.4) is 0 Å². The molecule has 5 nitrogen and oxygen atoms in total. The Morgan fingerprint density at radius 3 is 2.28 bits per heavy atom. The van der Waals surface area contributed by atoms with Crippen LogP contribution < -0.4 is 11.1 Å². The zero-order valence-corrected chi connectivity index (χ0v) is 12.3. The third-order valence-corrected chi connectivity index (χ3v) is 2.46. The van der Waals surface area contributed by atoms with Gasteiger partial charge in [0.1, 0.15) is 5.54 Å². The zero-order chi connectivity index (χ0) is 14.2. The molecule has 1 atom stereocenters. The predicted octanol–water partition coefficient (Wildman–Crippen LogP) is 1.06. The predicted molar refractivity (Wildman–Crippen MR) is 72.4 cm³/mol. The van der Waals surface area contributed by atoms with Crippen molar-refractivity contribution in [3.05, 3.63) is 0 Å². The van der Waals surface area contributed by atoms with Crippen LogP contribution in [0.15, 0.2) is 0 Å². The Hall–Kier alpha value is -0.650. The van der Waals surface area contributed by atoms with Gasteiger partial charge in [-0.15, -0.1) is 0 Å². The minimum absolute atomic E-state index is 0.170. The van der Waals surface area contributed by atoms with Gasteiger partial charge in [0.15, 0.2) is 0 Å². The number of carbonyl (C=O) groups is 1. The second-order valence-corrected chi connectivity index (χ2v) is 5.64. The molecule has 0 saturated carbocycles. The molecule has 3 N–H and O–H groups in total. The summed E-state index contributed by atoms with van der Waals surface area (Å²) in [5, 5.41) is 3.11. The van der Waals surface area contributed by atoms with Crippen molar-refractivity contribution in [1.29, 1.82) is 0 Å². The summed E-state index contributed by atoms with van der Waals surface area (Å²) in [6, 6.07) is 0. The van der Waals surface area contributed by atoms with Crippen molar-refractivity contribution >= 4 is 5.91 Å². The van der Waals surface area contributed by atoms with E-state index in [2.05, 4.69) is 5.32 Å². The topological polar surface area (TPSA) is 73.6 Å². The first kappa shape index (κ1) is 17.4. The van der Waals surface area contributed by atoms with Crippen molar-refractivity contribution in [2.75, 3.05) is 26.4 Å². The van der Waals surface area contributed by atoms with Gasteiger partial charge in [0.2, 0.25) is 5.91 Å². The van der Waals surface area contributed by atoms with Crippen LogP contribution in [0.25, 0.3) is 0 Å². The summed E-state index contributed by atoms with van der Waals surface area (Å²) in [7, 11) is 0. The van der Waals surface area contributed by atoms with Gasteiger partial charge in [-0.25, -0.2) is 0 Å². The minimum atomic E-state index is -0.808. The fraction of sp³-hybridized carbons (Fsp3) is 0.923. The van der Waals surface area contributed by atoms with Gasteiger partial charge in [-0.3, -0.25) is 4.79 Å². The quantitative estimate of drug-likeness (QED) is 0.608. The fourth-order valence-corrected chi connectivity index (χ4v) is 1.29. The second-order valence-electron chi connectivity index (χ2n) is 5.64. The molecule has 108 valence electrons. The van der Waals surface area contributed by atoms with Gasteiger partial charge in [-0.2, -0.15) is 0 Å².